The number of carbonyl (C=O) groups excluding carboxylic acids is 1. The number of aryl methyl sites for hydroxylation is 1. The fourth-order valence-electron chi connectivity index (χ4n) is 3.74. The summed E-state index contributed by atoms with van der Waals surface area (Å²) in [6.07, 6.45) is 1.92. The third-order valence-corrected chi connectivity index (χ3v) is 5.58. The third-order valence-electron chi connectivity index (χ3n) is 5.58. The summed E-state index contributed by atoms with van der Waals surface area (Å²) in [5, 5.41) is 3.28. The van der Waals surface area contributed by atoms with Crippen LogP contribution in [0.15, 0.2) is 109 Å². The van der Waals surface area contributed by atoms with E-state index in [-0.39, 0.29) is 11.9 Å². The maximum absolute atomic E-state index is 13.7. The van der Waals surface area contributed by atoms with Crippen LogP contribution in [0.1, 0.15) is 33.9 Å². The lowest BCUT2D eigenvalue weighted by Gasteiger charge is -2.21. The lowest BCUT2D eigenvalue weighted by Crippen LogP contribution is -2.30. The predicted octanol–water partition coefficient (Wildman–Crippen LogP) is 6.45. The average molecular weight is 434 g/mol. The van der Waals surface area contributed by atoms with Gasteiger partial charge in [0, 0.05) is 5.57 Å². The molecule has 1 N–H and O–H groups in total. The van der Waals surface area contributed by atoms with Crippen LogP contribution in [-0.4, -0.2) is 13.0 Å². The molecule has 4 aromatic rings. The third kappa shape index (κ3) is 5.58. The number of amides is 1. The van der Waals surface area contributed by atoms with E-state index < -0.39 is 0 Å². The van der Waals surface area contributed by atoms with E-state index in [2.05, 4.69) is 36.5 Å². The van der Waals surface area contributed by atoms with Gasteiger partial charge >= 0.3 is 0 Å². The Morgan fingerprint density at radius 2 is 1.33 bits per heavy atom. The lowest BCUT2D eigenvalue weighted by atomic mass is 9.96. The zero-order chi connectivity index (χ0) is 23.0. The number of hydrogen-bond donors (Lipinski definition) is 1. The first-order valence-corrected chi connectivity index (χ1v) is 11.0. The van der Waals surface area contributed by atoms with E-state index in [0.29, 0.717) is 5.57 Å². The van der Waals surface area contributed by atoms with Gasteiger partial charge in [-0.2, -0.15) is 0 Å². The standard InChI is InChI=1S/C30H27NO2/c1-22-13-17-26(18-14-22)29(25-11-7-4-8-12-25)31-30(32)28(24-9-5-3-6-10-24)21-23-15-19-27(33-2)20-16-23/h3-21,29H,1-2H3,(H,31,32)/b28-21+/t29-/m0/s1. The summed E-state index contributed by atoms with van der Waals surface area (Å²) in [6.45, 7) is 2.06. The summed E-state index contributed by atoms with van der Waals surface area (Å²) in [6, 6.07) is 35.5. The van der Waals surface area contributed by atoms with E-state index >= 15 is 0 Å². The Kier molecular flexibility index (Phi) is 7.01. The monoisotopic (exact) mass is 433 g/mol. The maximum Gasteiger partial charge on any atom is 0.252 e. The molecule has 0 aromatic heterocycles. The van der Waals surface area contributed by atoms with Gasteiger partial charge in [-0.3, -0.25) is 4.79 Å². The molecule has 4 aromatic carbocycles. The normalized spacial score (nSPS) is 12.1. The smallest absolute Gasteiger partial charge is 0.252 e. The van der Waals surface area contributed by atoms with E-state index in [4.69, 9.17) is 4.74 Å². The first-order valence-electron chi connectivity index (χ1n) is 11.0. The van der Waals surface area contributed by atoms with Crippen LogP contribution >= 0.6 is 0 Å². The van der Waals surface area contributed by atoms with Gasteiger partial charge in [-0.05, 0) is 47.4 Å². The van der Waals surface area contributed by atoms with Crippen molar-refractivity contribution in [2.24, 2.45) is 0 Å². The molecule has 0 saturated heterocycles. The topological polar surface area (TPSA) is 38.3 Å². The van der Waals surface area contributed by atoms with Gasteiger partial charge in [-0.1, -0.05) is 103 Å². The van der Waals surface area contributed by atoms with E-state index in [1.807, 2.05) is 91.0 Å². The van der Waals surface area contributed by atoms with Crippen LogP contribution in [0, 0.1) is 6.92 Å². The zero-order valence-corrected chi connectivity index (χ0v) is 18.9. The molecule has 3 heteroatoms. The molecule has 0 fully saturated rings. The van der Waals surface area contributed by atoms with Crippen molar-refractivity contribution in [3.05, 3.63) is 137 Å². The summed E-state index contributed by atoms with van der Waals surface area (Å²) < 4.78 is 5.27. The van der Waals surface area contributed by atoms with Crippen molar-refractivity contribution in [2.45, 2.75) is 13.0 Å². The molecule has 0 spiro atoms. The molecule has 0 unspecified atom stereocenters. The van der Waals surface area contributed by atoms with Crippen LogP contribution in [0.3, 0.4) is 0 Å². The Bertz CT molecular complexity index is 1210. The Balaban J connectivity index is 1.72. The Labute approximate surface area is 195 Å². The van der Waals surface area contributed by atoms with Gasteiger partial charge in [0.05, 0.1) is 13.2 Å². The van der Waals surface area contributed by atoms with Crippen molar-refractivity contribution in [1.82, 2.24) is 5.32 Å². The molecule has 0 saturated carbocycles. The molecule has 0 bridgehead atoms. The molecule has 0 radical (unpaired) electrons. The number of methoxy groups -OCH3 is 1. The highest BCUT2D eigenvalue weighted by atomic mass is 16.5. The first-order chi connectivity index (χ1) is 16.1. The van der Waals surface area contributed by atoms with Crippen LogP contribution in [0.2, 0.25) is 0 Å². The van der Waals surface area contributed by atoms with Crippen molar-refractivity contribution in [1.29, 1.82) is 0 Å². The molecule has 4 rings (SSSR count). The van der Waals surface area contributed by atoms with Crippen LogP contribution in [-0.2, 0) is 4.79 Å². The van der Waals surface area contributed by atoms with Crippen molar-refractivity contribution in [2.75, 3.05) is 7.11 Å². The van der Waals surface area contributed by atoms with Gasteiger partial charge in [-0.15, -0.1) is 0 Å². The SMILES string of the molecule is COc1ccc(/C=C(/C(=O)N[C@@H](c2ccccc2)c2ccc(C)cc2)c2ccccc2)cc1. The molecule has 33 heavy (non-hydrogen) atoms. The van der Waals surface area contributed by atoms with Crippen molar-refractivity contribution in [3.63, 3.8) is 0 Å². The molecule has 1 atom stereocenters. The largest absolute Gasteiger partial charge is 0.497 e. The Morgan fingerprint density at radius 1 is 0.758 bits per heavy atom. The van der Waals surface area contributed by atoms with Crippen molar-refractivity contribution in [3.8, 4) is 5.75 Å². The fraction of sp³-hybridized carbons (Fsp3) is 0.100. The summed E-state index contributed by atoms with van der Waals surface area (Å²) in [5.41, 5.74) is 5.65. The summed E-state index contributed by atoms with van der Waals surface area (Å²) >= 11 is 0. The van der Waals surface area contributed by atoms with Crippen LogP contribution in [0.25, 0.3) is 11.6 Å². The Morgan fingerprint density at radius 3 is 1.94 bits per heavy atom. The minimum Gasteiger partial charge on any atom is -0.497 e. The van der Waals surface area contributed by atoms with Gasteiger partial charge in [0.1, 0.15) is 5.75 Å². The van der Waals surface area contributed by atoms with Gasteiger partial charge in [0.2, 0.25) is 0 Å². The fourth-order valence-corrected chi connectivity index (χ4v) is 3.74. The minimum atomic E-state index is -0.262. The van der Waals surface area contributed by atoms with E-state index in [1.54, 1.807) is 7.11 Å². The van der Waals surface area contributed by atoms with Gasteiger partial charge in [0.25, 0.3) is 5.91 Å². The second kappa shape index (κ2) is 10.5. The van der Waals surface area contributed by atoms with Crippen molar-refractivity contribution >= 4 is 17.6 Å². The highest BCUT2D eigenvalue weighted by molar-refractivity contribution is 6.24. The van der Waals surface area contributed by atoms with Crippen molar-refractivity contribution < 1.29 is 9.53 Å². The molecule has 164 valence electrons. The van der Waals surface area contributed by atoms with Crippen LogP contribution in [0.5, 0.6) is 5.75 Å². The Hall–Kier alpha value is -4.11. The molecular formula is C30H27NO2. The second-order valence-corrected chi connectivity index (χ2v) is 7.93. The summed E-state index contributed by atoms with van der Waals surface area (Å²) in [7, 11) is 1.64. The quantitative estimate of drug-likeness (QED) is 0.269. The number of carbonyl (C=O) groups is 1. The number of nitrogens with one attached hydrogen (secondary N) is 1. The molecule has 0 aliphatic carbocycles. The molecule has 1 amide bonds. The number of hydrogen-bond acceptors (Lipinski definition) is 2. The minimum absolute atomic E-state index is 0.133. The van der Waals surface area contributed by atoms with Gasteiger partial charge in [0.15, 0.2) is 0 Å². The van der Waals surface area contributed by atoms with Crippen LogP contribution in [0.4, 0.5) is 0 Å². The van der Waals surface area contributed by atoms with E-state index in [1.165, 1.54) is 5.56 Å². The van der Waals surface area contributed by atoms with E-state index in [0.717, 1.165) is 28.0 Å². The summed E-state index contributed by atoms with van der Waals surface area (Å²) in [5.74, 6) is 0.646. The van der Waals surface area contributed by atoms with Gasteiger partial charge < -0.3 is 10.1 Å². The van der Waals surface area contributed by atoms with E-state index in [9.17, 15) is 4.79 Å². The highest BCUT2D eigenvalue weighted by Crippen LogP contribution is 2.26. The molecule has 0 aliphatic rings. The lowest BCUT2D eigenvalue weighted by molar-refractivity contribution is -0.116. The molecular weight excluding hydrogens is 406 g/mol. The zero-order valence-electron chi connectivity index (χ0n) is 18.9. The number of rotatable bonds is 7. The molecule has 0 heterocycles. The number of ether oxygens (including phenoxy) is 1. The average Bonchev–Trinajstić information content (AvgIpc) is 2.88. The summed E-state index contributed by atoms with van der Waals surface area (Å²) in [4.78, 5) is 13.7. The second-order valence-electron chi connectivity index (χ2n) is 7.93. The number of benzene rings is 4. The first kappa shape index (κ1) is 22.1. The van der Waals surface area contributed by atoms with Gasteiger partial charge in [-0.25, -0.2) is 0 Å². The highest BCUT2D eigenvalue weighted by Gasteiger charge is 2.20. The molecule has 3 nitrogen and oxygen atoms in total. The van der Waals surface area contributed by atoms with Crippen LogP contribution < -0.4 is 10.1 Å². The predicted molar refractivity (Wildman–Crippen MR) is 135 cm³/mol. The maximum atomic E-state index is 13.7. The molecule has 0 aliphatic heterocycles.